The van der Waals surface area contributed by atoms with Crippen LogP contribution in [0, 0.1) is 5.92 Å². The van der Waals surface area contributed by atoms with Crippen LogP contribution in [0.1, 0.15) is 13.3 Å². The number of rotatable bonds is 3. The molecule has 1 fully saturated rings. The molecule has 0 saturated heterocycles. The van der Waals surface area contributed by atoms with Crippen LogP contribution in [-0.4, -0.2) is 51.5 Å². The second-order valence-corrected chi connectivity index (χ2v) is 6.55. The van der Waals surface area contributed by atoms with Crippen molar-refractivity contribution in [2.45, 2.75) is 41.2 Å². The first kappa shape index (κ1) is 14.9. The van der Waals surface area contributed by atoms with E-state index in [0.717, 1.165) is 0 Å². The van der Waals surface area contributed by atoms with E-state index < -0.39 is 16.4 Å². The molecule has 0 heterocycles. The lowest BCUT2D eigenvalue weighted by Crippen LogP contribution is -2.55. The van der Waals surface area contributed by atoms with Crippen molar-refractivity contribution >= 4 is 35.0 Å². The van der Waals surface area contributed by atoms with Gasteiger partial charge in [0, 0.05) is 13.0 Å². The highest BCUT2D eigenvalue weighted by Gasteiger charge is 2.49. The number of hydrogen-bond acceptors (Lipinski definition) is 4. The highest BCUT2D eigenvalue weighted by molar-refractivity contribution is 7.99. The molecular weight excluding hydrogens is 271 g/mol. The van der Waals surface area contributed by atoms with Gasteiger partial charge in [0.1, 0.15) is 4.93 Å². The van der Waals surface area contributed by atoms with E-state index in [1.54, 1.807) is 13.2 Å². The third-order valence-corrected chi connectivity index (χ3v) is 5.32. The SMILES string of the molecule is COC1C(Cl)CC(C(C)(O)SC)C(O)C1Cl. The van der Waals surface area contributed by atoms with Gasteiger partial charge in [-0.05, 0) is 19.6 Å². The normalized spacial score (nSPS) is 44.1. The highest BCUT2D eigenvalue weighted by atomic mass is 35.5. The predicted octanol–water partition coefficient (Wildman–Crippen LogP) is 1.67. The van der Waals surface area contributed by atoms with Crippen molar-refractivity contribution < 1.29 is 14.9 Å². The van der Waals surface area contributed by atoms with Crippen LogP contribution in [-0.2, 0) is 4.74 Å². The molecular formula is C10H18Cl2O3S. The van der Waals surface area contributed by atoms with Crippen LogP contribution in [0.15, 0.2) is 0 Å². The molecule has 6 atom stereocenters. The van der Waals surface area contributed by atoms with Crippen LogP contribution in [0.5, 0.6) is 0 Å². The monoisotopic (exact) mass is 288 g/mol. The number of halogens is 2. The van der Waals surface area contributed by atoms with E-state index >= 15 is 0 Å². The second-order valence-electron chi connectivity index (χ2n) is 4.25. The number of ether oxygens (including phenoxy) is 1. The van der Waals surface area contributed by atoms with E-state index in [2.05, 4.69) is 0 Å². The number of hydrogen-bond donors (Lipinski definition) is 2. The summed E-state index contributed by atoms with van der Waals surface area (Å²) in [5.41, 5.74) is 0. The Balaban J connectivity index is 2.85. The van der Waals surface area contributed by atoms with Gasteiger partial charge in [-0.25, -0.2) is 0 Å². The van der Waals surface area contributed by atoms with Crippen LogP contribution in [0.3, 0.4) is 0 Å². The molecule has 16 heavy (non-hydrogen) atoms. The first-order valence-corrected chi connectivity index (χ1v) is 7.21. The van der Waals surface area contributed by atoms with Gasteiger partial charge < -0.3 is 14.9 Å². The number of alkyl halides is 2. The van der Waals surface area contributed by atoms with Gasteiger partial charge in [0.05, 0.1) is 23.0 Å². The van der Waals surface area contributed by atoms with Crippen molar-refractivity contribution in [1.82, 2.24) is 0 Å². The topological polar surface area (TPSA) is 49.7 Å². The Labute approximate surface area is 110 Å². The summed E-state index contributed by atoms with van der Waals surface area (Å²) in [5, 5.41) is 19.4. The Bertz CT molecular complexity index is 240. The van der Waals surface area contributed by atoms with Crippen molar-refractivity contribution in [2.75, 3.05) is 13.4 Å². The molecule has 0 aromatic carbocycles. The molecule has 3 nitrogen and oxygen atoms in total. The summed E-state index contributed by atoms with van der Waals surface area (Å²) in [6.45, 7) is 1.67. The Kier molecular flexibility index (Phi) is 5.24. The molecule has 1 aliphatic rings. The molecule has 0 spiro atoms. The van der Waals surface area contributed by atoms with Crippen LogP contribution in [0.4, 0.5) is 0 Å². The Hall–Kier alpha value is 0.810. The summed E-state index contributed by atoms with van der Waals surface area (Å²) >= 11 is 13.6. The minimum absolute atomic E-state index is 0.292. The summed E-state index contributed by atoms with van der Waals surface area (Å²) in [5.74, 6) is -0.348. The zero-order chi connectivity index (χ0) is 12.5. The van der Waals surface area contributed by atoms with Gasteiger partial charge in [0.2, 0.25) is 0 Å². The van der Waals surface area contributed by atoms with Crippen molar-refractivity contribution in [2.24, 2.45) is 5.92 Å². The molecule has 0 amide bonds. The molecule has 1 aliphatic carbocycles. The molecule has 96 valence electrons. The molecule has 1 saturated carbocycles. The molecule has 2 N–H and O–H groups in total. The molecule has 1 rings (SSSR count). The molecule has 0 aromatic heterocycles. The first-order valence-electron chi connectivity index (χ1n) is 5.11. The van der Waals surface area contributed by atoms with E-state index in [-0.39, 0.29) is 17.4 Å². The fourth-order valence-electron chi connectivity index (χ4n) is 2.10. The van der Waals surface area contributed by atoms with E-state index in [9.17, 15) is 10.2 Å². The van der Waals surface area contributed by atoms with Gasteiger partial charge in [-0.15, -0.1) is 35.0 Å². The van der Waals surface area contributed by atoms with Crippen LogP contribution < -0.4 is 0 Å². The smallest absolute Gasteiger partial charge is 0.112 e. The maximum Gasteiger partial charge on any atom is 0.112 e. The van der Waals surface area contributed by atoms with Crippen LogP contribution >= 0.6 is 35.0 Å². The zero-order valence-corrected chi connectivity index (χ0v) is 11.9. The fraction of sp³-hybridized carbons (Fsp3) is 1.00. The minimum Gasteiger partial charge on any atom is -0.391 e. The average Bonchev–Trinajstić information content (AvgIpc) is 2.24. The number of methoxy groups -OCH3 is 1. The fourth-order valence-corrected chi connectivity index (χ4v) is 3.61. The van der Waals surface area contributed by atoms with E-state index in [0.29, 0.717) is 6.42 Å². The maximum atomic E-state index is 10.2. The number of aliphatic hydroxyl groups is 2. The largest absolute Gasteiger partial charge is 0.391 e. The summed E-state index contributed by atoms with van der Waals surface area (Å²) < 4.78 is 5.17. The Morgan fingerprint density at radius 1 is 1.44 bits per heavy atom. The average molecular weight is 289 g/mol. The van der Waals surface area contributed by atoms with Crippen molar-refractivity contribution in [3.63, 3.8) is 0 Å². The minimum atomic E-state index is -1.03. The Morgan fingerprint density at radius 2 is 2.00 bits per heavy atom. The van der Waals surface area contributed by atoms with Crippen molar-refractivity contribution in [3.05, 3.63) is 0 Å². The van der Waals surface area contributed by atoms with Crippen LogP contribution in [0.2, 0.25) is 0 Å². The van der Waals surface area contributed by atoms with Crippen molar-refractivity contribution in [1.29, 1.82) is 0 Å². The van der Waals surface area contributed by atoms with Gasteiger partial charge in [-0.2, -0.15) is 0 Å². The van der Waals surface area contributed by atoms with E-state index in [1.807, 2.05) is 0 Å². The maximum absolute atomic E-state index is 10.2. The highest BCUT2D eigenvalue weighted by Crippen LogP contribution is 2.42. The van der Waals surface area contributed by atoms with Crippen molar-refractivity contribution in [3.8, 4) is 0 Å². The number of aliphatic hydroxyl groups excluding tert-OH is 1. The lowest BCUT2D eigenvalue weighted by molar-refractivity contribution is -0.0605. The van der Waals surface area contributed by atoms with E-state index in [1.165, 1.54) is 18.9 Å². The standard InChI is InChI=1S/C10H18Cl2O3S/c1-10(14,16-3)5-4-6(11)9(15-2)7(12)8(5)13/h5-9,13-14H,4H2,1-3H3. The third kappa shape index (κ3) is 2.79. The molecule has 0 aromatic rings. The second kappa shape index (κ2) is 5.63. The quantitative estimate of drug-likeness (QED) is 0.613. The summed E-state index contributed by atoms with van der Waals surface area (Å²) in [6, 6.07) is 0. The third-order valence-electron chi connectivity index (χ3n) is 3.26. The first-order chi connectivity index (χ1) is 7.35. The van der Waals surface area contributed by atoms with E-state index in [4.69, 9.17) is 27.9 Å². The molecule has 0 aliphatic heterocycles. The lowest BCUT2D eigenvalue weighted by Gasteiger charge is -2.44. The Morgan fingerprint density at radius 3 is 2.44 bits per heavy atom. The van der Waals surface area contributed by atoms with Gasteiger partial charge in [0.25, 0.3) is 0 Å². The lowest BCUT2D eigenvalue weighted by atomic mass is 9.80. The van der Waals surface area contributed by atoms with Gasteiger partial charge >= 0.3 is 0 Å². The summed E-state index contributed by atoms with van der Waals surface area (Å²) in [6.07, 6.45) is 1.08. The van der Waals surface area contributed by atoms with Crippen LogP contribution in [0.25, 0.3) is 0 Å². The zero-order valence-electron chi connectivity index (χ0n) is 9.56. The number of thioether (sulfide) groups is 1. The van der Waals surface area contributed by atoms with Gasteiger partial charge in [-0.1, -0.05) is 0 Å². The summed E-state index contributed by atoms with van der Waals surface area (Å²) in [4.78, 5) is -1.03. The van der Waals surface area contributed by atoms with Gasteiger partial charge in [0.15, 0.2) is 0 Å². The summed E-state index contributed by atoms with van der Waals surface area (Å²) in [7, 11) is 1.52. The molecule has 0 radical (unpaired) electrons. The molecule has 6 heteroatoms. The van der Waals surface area contributed by atoms with Gasteiger partial charge in [-0.3, -0.25) is 0 Å². The molecule has 0 bridgehead atoms. The predicted molar refractivity (Wildman–Crippen MR) is 68.3 cm³/mol. The molecule has 6 unspecified atom stereocenters.